The summed E-state index contributed by atoms with van der Waals surface area (Å²) in [6.07, 6.45) is 0.667. The van der Waals surface area contributed by atoms with Crippen molar-refractivity contribution in [2.75, 3.05) is 26.8 Å². The lowest BCUT2D eigenvalue weighted by atomic mass is 10.1. The molecule has 0 unspecified atom stereocenters. The fourth-order valence-corrected chi connectivity index (χ4v) is 4.99. The highest BCUT2D eigenvalue weighted by Gasteiger charge is 2.33. The molecule has 114 valence electrons. The monoisotopic (exact) mass is 332 g/mol. The fraction of sp³-hybridized carbons (Fsp3) is 0.312. The van der Waals surface area contributed by atoms with Crippen molar-refractivity contribution in [3.05, 3.63) is 34.0 Å². The quantitative estimate of drug-likeness (QED) is 0.932. The second-order valence-electron chi connectivity index (χ2n) is 5.17. The molecule has 3 heterocycles. The number of hydrogen-bond donors (Lipinski definition) is 1. The Balaban J connectivity index is 1.88. The number of thiophene rings is 1. The highest BCUT2D eigenvalue weighted by Crippen LogP contribution is 2.45. The van der Waals surface area contributed by atoms with E-state index in [-0.39, 0.29) is 6.61 Å². The number of fused-ring (bicyclic) bond motifs is 2. The van der Waals surface area contributed by atoms with E-state index in [9.17, 15) is 5.11 Å². The molecule has 22 heavy (non-hydrogen) atoms. The molecule has 2 aliphatic rings. The predicted octanol–water partition coefficient (Wildman–Crippen LogP) is 3.38. The maximum absolute atomic E-state index is 9.37. The van der Waals surface area contributed by atoms with Crippen molar-refractivity contribution in [3.63, 3.8) is 0 Å². The van der Waals surface area contributed by atoms with Gasteiger partial charge < -0.3 is 14.7 Å². The van der Waals surface area contributed by atoms with Crippen LogP contribution in [0.5, 0.6) is 5.75 Å². The van der Waals surface area contributed by atoms with Gasteiger partial charge in [0.1, 0.15) is 5.75 Å². The molecule has 1 aromatic heterocycles. The molecule has 2 aromatic rings. The minimum atomic E-state index is 0.158. The molecule has 1 N–H and O–H groups in total. The largest absolute Gasteiger partial charge is 0.496 e. The molecule has 0 spiro atoms. The Hall–Kier alpha value is -1.50. The van der Waals surface area contributed by atoms with Crippen LogP contribution in [0.2, 0.25) is 0 Å². The van der Waals surface area contributed by atoms with Crippen LogP contribution >= 0.6 is 23.1 Å². The Morgan fingerprint density at radius 2 is 2.32 bits per heavy atom. The number of aliphatic hydroxyl groups excluding tert-OH is 1. The summed E-state index contributed by atoms with van der Waals surface area (Å²) < 4.78 is 6.79. The van der Waals surface area contributed by atoms with Crippen LogP contribution in [0, 0.1) is 0 Å². The van der Waals surface area contributed by atoms with Gasteiger partial charge in [0.15, 0.2) is 5.17 Å². The zero-order valence-electron chi connectivity index (χ0n) is 12.2. The summed E-state index contributed by atoms with van der Waals surface area (Å²) in [5, 5.41) is 13.7. The molecule has 2 aliphatic heterocycles. The van der Waals surface area contributed by atoms with Crippen LogP contribution in [0.1, 0.15) is 12.0 Å². The third kappa shape index (κ3) is 2.14. The molecule has 0 saturated heterocycles. The van der Waals surface area contributed by atoms with Gasteiger partial charge in [-0.2, -0.15) is 0 Å². The van der Waals surface area contributed by atoms with Crippen molar-refractivity contribution in [2.24, 2.45) is 4.99 Å². The number of thioether (sulfide) groups is 1. The number of methoxy groups -OCH3 is 1. The first-order valence-electron chi connectivity index (χ1n) is 7.21. The Morgan fingerprint density at radius 3 is 3.14 bits per heavy atom. The molecule has 0 fully saturated rings. The van der Waals surface area contributed by atoms with E-state index in [1.54, 1.807) is 30.2 Å². The lowest BCUT2D eigenvalue weighted by molar-refractivity contribution is 0.301. The van der Waals surface area contributed by atoms with Gasteiger partial charge in [0.25, 0.3) is 0 Å². The predicted molar refractivity (Wildman–Crippen MR) is 93.6 cm³/mol. The molecule has 4 rings (SSSR count). The van der Waals surface area contributed by atoms with Gasteiger partial charge in [-0.15, -0.1) is 11.3 Å². The van der Waals surface area contributed by atoms with Crippen molar-refractivity contribution in [1.29, 1.82) is 0 Å². The van der Waals surface area contributed by atoms with Crippen LogP contribution in [0.4, 0.5) is 0 Å². The molecule has 0 atom stereocenters. The van der Waals surface area contributed by atoms with E-state index < -0.39 is 0 Å². The van der Waals surface area contributed by atoms with Gasteiger partial charge >= 0.3 is 0 Å². The standard InChI is InChI=1S/C16H16N2O2S2/c1-20-12-8-10(9-14-11(12)3-7-21-14)15-13(2-6-19)22-16-17-4-5-18(15)16/h3,7-9,19H,2,4-6H2,1H3. The molecular weight excluding hydrogens is 316 g/mol. The number of ether oxygens (including phenoxy) is 1. The van der Waals surface area contributed by atoms with E-state index in [1.165, 1.54) is 15.3 Å². The zero-order chi connectivity index (χ0) is 15.1. The number of aliphatic imine (C=N–C) groups is 1. The summed E-state index contributed by atoms with van der Waals surface area (Å²) in [6, 6.07) is 6.42. The summed E-state index contributed by atoms with van der Waals surface area (Å²) in [5.41, 5.74) is 2.33. The highest BCUT2D eigenvalue weighted by molar-refractivity contribution is 8.17. The van der Waals surface area contributed by atoms with Crippen molar-refractivity contribution in [3.8, 4) is 5.75 Å². The third-order valence-corrected chi connectivity index (χ3v) is 5.96. The molecule has 0 amide bonds. The first-order valence-corrected chi connectivity index (χ1v) is 8.91. The van der Waals surface area contributed by atoms with Gasteiger partial charge in [0.2, 0.25) is 0 Å². The van der Waals surface area contributed by atoms with Crippen LogP contribution in [0.15, 0.2) is 33.5 Å². The fourth-order valence-electron chi connectivity index (χ4n) is 2.96. The average molecular weight is 332 g/mol. The molecular formula is C16H16N2O2S2. The summed E-state index contributed by atoms with van der Waals surface area (Å²) in [7, 11) is 1.71. The van der Waals surface area contributed by atoms with E-state index in [2.05, 4.69) is 33.5 Å². The topological polar surface area (TPSA) is 45.1 Å². The maximum atomic E-state index is 9.37. The lowest BCUT2D eigenvalue weighted by Crippen LogP contribution is -2.20. The Morgan fingerprint density at radius 1 is 1.41 bits per heavy atom. The molecule has 1 aromatic carbocycles. The smallest absolute Gasteiger partial charge is 0.168 e. The second kappa shape index (κ2) is 5.61. The van der Waals surface area contributed by atoms with Crippen LogP contribution < -0.4 is 4.74 Å². The van der Waals surface area contributed by atoms with Gasteiger partial charge in [0, 0.05) is 40.1 Å². The number of aliphatic hydroxyl groups is 1. The number of benzene rings is 1. The van der Waals surface area contributed by atoms with Crippen molar-refractivity contribution >= 4 is 44.0 Å². The molecule has 0 bridgehead atoms. The number of rotatable bonds is 4. The molecule has 0 radical (unpaired) electrons. The Kier molecular flexibility index (Phi) is 3.60. The van der Waals surface area contributed by atoms with E-state index in [0.29, 0.717) is 6.42 Å². The minimum Gasteiger partial charge on any atom is -0.496 e. The first-order chi connectivity index (χ1) is 10.8. The van der Waals surface area contributed by atoms with Crippen molar-refractivity contribution in [1.82, 2.24) is 4.90 Å². The van der Waals surface area contributed by atoms with E-state index in [1.807, 2.05) is 0 Å². The SMILES string of the molecule is COc1cc(C2=C(CCO)SC3=NCCN32)cc2sccc12. The Labute approximate surface area is 137 Å². The van der Waals surface area contributed by atoms with Crippen molar-refractivity contribution < 1.29 is 9.84 Å². The highest BCUT2D eigenvalue weighted by atomic mass is 32.2. The Bertz CT molecular complexity index is 795. The van der Waals surface area contributed by atoms with Crippen LogP contribution in [0.3, 0.4) is 0 Å². The van der Waals surface area contributed by atoms with Crippen LogP contribution in [-0.2, 0) is 0 Å². The van der Waals surface area contributed by atoms with Crippen LogP contribution in [0.25, 0.3) is 15.8 Å². The minimum absolute atomic E-state index is 0.158. The lowest BCUT2D eigenvalue weighted by Gasteiger charge is -2.18. The van der Waals surface area contributed by atoms with Gasteiger partial charge in [-0.3, -0.25) is 4.99 Å². The zero-order valence-corrected chi connectivity index (χ0v) is 13.8. The third-order valence-electron chi connectivity index (χ3n) is 3.92. The number of nitrogens with zero attached hydrogens (tertiary/aromatic N) is 2. The average Bonchev–Trinajstić information content (AvgIpc) is 3.20. The molecule has 0 aliphatic carbocycles. The van der Waals surface area contributed by atoms with Crippen LogP contribution in [-0.4, -0.2) is 42.0 Å². The molecule has 0 saturated carbocycles. The molecule has 4 nitrogen and oxygen atoms in total. The summed E-state index contributed by atoms with van der Waals surface area (Å²) in [5.74, 6) is 0.902. The van der Waals surface area contributed by atoms with Gasteiger partial charge in [-0.05, 0) is 23.6 Å². The summed E-state index contributed by atoms with van der Waals surface area (Å²) in [6.45, 7) is 1.92. The number of amidine groups is 1. The van der Waals surface area contributed by atoms with E-state index in [0.717, 1.165) is 35.0 Å². The van der Waals surface area contributed by atoms with E-state index >= 15 is 0 Å². The second-order valence-corrected chi connectivity index (χ2v) is 7.18. The van der Waals surface area contributed by atoms with Gasteiger partial charge in [0.05, 0.1) is 19.4 Å². The number of hydrogen-bond acceptors (Lipinski definition) is 6. The van der Waals surface area contributed by atoms with E-state index in [4.69, 9.17) is 4.74 Å². The van der Waals surface area contributed by atoms with Gasteiger partial charge in [-0.25, -0.2) is 0 Å². The first kappa shape index (κ1) is 14.1. The molecule has 6 heteroatoms. The maximum Gasteiger partial charge on any atom is 0.168 e. The normalized spacial score (nSPS) is 17.4. The van der Waals surface area contributed by atoms with Gasteiger partial charge in [-0.1, -0.05) is 11.8 Å². The van der Waals surface area contributed by atoms with Crippen molar-refractivity contribution in [2.45, 2.75) is 6.42 Å². The summed E-state index contributed by atoms with van der Waals surface area (Å²) >= 11 is 3.41. The summed E-state index contributed by atoms with van der Waals surface area (Å²) in [4.78, 5) is 8.02.